The first kappa shape index (κ1) is 25.2. The maximum atomic E-state index is 13.4. The Kier molecular flexibility index (Phi) is 7.24. The topological polar surface area (TPSA) is 118 Å². The van der Waals surface area contributed by atoms with Crippen LogP contribution >= 0.6 is 11.3 Å². The number of thiazole rings is 1. The van der Waals surface area contributed by atoms with Gasteiger partial charge in [-0.05, 0) is 43.9 Å². The molecule has 3 fully saturated rings. The van der Waals surface area contributed by atoms with Gasteiger partial charge in [-0.15, -0.1) is 0 Å². The van der Waals surface area contributed by atoms with E-state index in [2.05, 4.69) is 32.4 Å². The molecule has 200 valence electrons. The van der Waals surface area contributed by atoms with Crippen molar-refractivity contribution in [2.75, 3.05) is 38.7 Å². The predicted molar refractivity (Wildman–Crippen MR) is 144 cm³/mol. The number of nitrogens with one attached hydrogen (secondary N) is 1. The van der Waals surface area contributed by atoms with E-state index in [1.54, 1.807) is 12.1 Å². The van der Waals surface area contributed by atoms with Crippen LogP contribution in [0.25, 0.3) is 10.3 Å². The molecule has 0 radical (unpaired) electrons. The maximum absolute atomic E-state index is 13.4. The fraction of sp³-hybridized carbons (Fsp3) is 0.481. The molecule has 3 atom stereocenters. The number of ether oxygens (including phenoxy) is 2. The fourth-order valence-electron chi connectivity index (χ4n) is 4.71. The molecule has 2 saturated heterocycles. The number of aliphatic hydroxyl groups excluding tert-OH is 1. The molecule has 11 heteroatoms. The van der Waals surface area contributed by atoms with Gasteiger partial charge in [0.1, 0.15) is 16.5 Å². The third kappa shape index (κ3) is 5.80. The minimum Gasteiger partial charge on any atom is -0.473 e. The quantitative estimate of drug-likeness (QED) is 0.315. The molecule has 3 aromatic rings. The molecular weight excluding hydrogens is 506 g/mol. The van der Waals surface area contributed by atoms with Crippen molar-refractivity contribution in [3.05, 3.63) is 47.5 Å². The Morgan fingerprint density at radius 3 is 2.71 bits per heavy atom. The van der Waals surface area contributed by atoms with E-state index in [1.165, 1.54) is 11.3 Å². The zero-order valence-corrected chi connectivity index (χ0v) is 22.0. The van der Waals surface area contributed by atoms with Crippen LogP contribution in [0.2, 0.25) is 0 Å². The van der Waals surface area contributed by atoms with Crippen LogP contribution in [0.15, 0.2) is 41.6 Å². The van der Waals surface area contributed by atoms with Crippen LogP contribution in [0.1, 0.15) is 42.9 Å². The molecule has 4 heterocycles. The minimum absolute atomic E-state index is 0.123. The van der Waals surface area contributed by atoms with E-state index >= 15 is 0 Å². The van der Waals surface area contributed by atoms with E-state index in [-0.39, 0.29) is 17.9 Å². The summed E-state index contributed by atoms with van der Waals surface area (Å²) in [6, 6.07) is 10.9. The highest BCUT2D eigenvalue weighted by Crippen LogP contribution is 2.40. The van der Waals surface area contributed by atoms with Crippen LogP contribution in [0, 0.1) is 5.92 Å². The van der Waals surface area contributed by atoms with Gasteiger partial charge in [-0.1, -0.05) is 40.8 Å². The summed E-state index contributed by atoms with van der Waals surface area (Å²) in [5, 5.41) is 17.9. The Morgan fingerprint density at radius 2 is 2.00 bits per heavy atom. The Labute approximate surface area is 224 Å². The standard InChI is InChI=1S/C27H31N5O5S/c1-32-12-10-19(14-32)36-22-9-8-21-26(29-22)38-27(28-21)30-25(34)23(31-37-20-11-13-35-15-20)16-2-4-17(5-3-16)24(33)18-6-7-18/h2-5,8-9,18-20,24,33H,6-7,10-15H2,1H3,(H,28,30,34)/b31-23-/t19?,20-,24?/m1/s1. The average molecular weight is 538 g/mol. The molecule has 1 aliphatic carbocycles. The van der Waals surface area contributed by atoms with Crippen molar-refractivity contribution in [1.29, 1.82) is 0 Å². The van der Waals surface area contributed by atoms with Crippen LogP contribution < -0.4 is 10.1 Å². The van der Waals surface area contributed by atoms with Gasteiger partial charge in [0.05, 0.1) is 19.3 Å². The number of oxime groups is 1. The van der Waals surface area contributed by atoms with Gasteiger partial charge in [-0.25, -0.2) is 9.97 Å². The minimum atomic E-state index is -0.483. The fourth-order valence-corrected chi connectivity index (χ4v) is 5.53. The van der Waals surface area contributed by atoms with Gasteiger partial charge in [0, 0.05) is 31.1 Å². The van der Waals surface area contributed by atoms with Gasteiger partial charge in [0.25, 0.3) is 5.91 Å². The van der Waals surface area contributed by atoms with Crippen molar-refractivity contribution >= 4 is 38.4 Å². The van der Waals surface area contributed by atoms with Gasteiger partial charge >= 0.3 is 0 Å². The summed E-state index contributed by atoms with van der Waals surface area (Å²) < 4.78 is 11.4. The lowest BCUT2D eigenvalue weighted by Gasteiger charge is -2.12. The van der Waals surface area contributed by atoms with Crippen molar-refractivity contribution in [3.63, 3.8) is 0 Å². The number of hydrogen-bond donors (Lipinski definition) is 2. The Balaban J connectivity index is 1.19. The number of hydrogen-bond acceptors (Lipinski definition) is 10. The first-order valence-electron chi connectivity index (χ1n) is 13.1. The van der Waals surface area contributed by atoms with Crippen LogP contribution in [-0.4, -0.2) is 77.2 Å². The number of aliphatic hydroxyl groups is 1. The third-order valence-electron chi connectivity index (χ3n) is 7.08. The Hall–Kier alpha value is -3.12. The molecule has 2 aliphatic heterocycles. The summed E-state index contributed by atoms with van der Waals surface area (Å²) in [6.07, 6.45) is 3.21. The number of rotatable bonds is 9. The van der Waals surface area contributed by atoms with E-state index in [9.17, 15) is 9.90 Å². The second-order valence-electron chi connectivity index (χ2n) is 10.2. The number of amides is 1. The second-order valence-corrected chi connectivity index (χ2v) is 11.2. The number of carbonyl (C=O) groups is 1. The SMILES string of the molecule is CN1CCC(Oc2ccc3nc(NC(=O)/C(=N\O[C@@H]4CCOC4)c4ccc(C(O)C5CC5)cc4)sc3n2)C1. The van der Waals surface area contributed by atoms with Gasteiger partial charge in [-0.2, -0.15) is 0 Å². The molecule has 38 heavy (non-hydrogen) atoms. The average Bonchev–Trinajstić information content (AvgIpc) is 3.26. The number of pyridine rings is 1. The molecule has 1 amide bonds. The summed E-state index contributed by atoms with van der Waals surface area (Å²) in [7, 11) is 2.08. The highest BCUT2D eigenvalue weighted by Gasteiger charge is 2.31. The molecule has 1 saturated carbocycles. The van der Waals surface area contributed by atoms with Gasteiger partial charge < -0.3 is 24.3 Å². The van der Waals surface area contributed by atoms with E-state index < -0.39 is 12.0 Å². The Bertz CT molecular complexity index is 1320. The number of benzene rings is 1. The van der Waals surface area contributed by atoms with Gasteiger partial charge in [0.15, 0.2) is 16.9 Å². The van der Waals surface area contributed by atoms with Crippen molar-refractivity contribution < 1.29 is 24.2 Å². The first-order valence-corrected chi connectivity index (χ1v) is 13.9. The zero-order chi connectivity index (χ0) is 26.1. The highest BCUT2D eigenvalue weighted by molar-refractivity contribution is 7.22. The summed E-state index contributed by atoms with van der Waals surface area (Å²) >= 11 is 1.28. The molecule has 3 aliphatic rings. The molecule has 2 unspecified atom stereocenters. The highest BCUT2D eigenvalue weighted by atomic mass is 32.1. The lowest BCUT2D eigenvalue weighted by atomic mass is 10.0. The largest absolute Gasteiger partial charge is 0.473 e. The smallest absolute Gasteiger partial charge is 0.280 e. The molecule has 1 aromatic carbocycles. The zero-order valence-electron chi connectivity index (χ0n) is 21.2. The lowest BCUT2D eigenvalue weighted by Crippen LogP contribution is -2.25. The van der Waals surface area contributed by atoms with Crippen LogP contribution in [0.5, 0.6) is 5.88 Å². The molecule has 0 bridgehead atoms. The lowest BCUT2D eigenvalue weighted by molar-refractivity contribution is -0.110. The molecule has 2 N–H and O–H groups in total. The van der Waals surface area contributed by atoms with Gasteiger partial charge in [-0.3, -0.25) is 10.1 Å². The number of likely N-dealkylation sites (tertiary alicyclic amines) is 1. The maximum Gasteiger partial charge on any atom is 0.280 e. The predicted octanol–water partition coefficient (Wildman–Crippen LogP) is 3.37. The third-order valence-corrected chi connectivity index (χ3v) is 7.96. The number of nitrogens with zero attached hydrogens (tertiary/aromatic N) is 4. The number of anilines is 1. The summed E-state index contributed by atoms with van der Waals surface area (Å²) in [5.74, 6) is 0.437. The normalized spacial score (nSPS) is 23.1. The molecule has 2 aromatic heterocycles. The second kappa shape index (κ2) is 10.9. The number of carbonyl (C=O) groups excluding carboxylic acids is 1. The number of aromatic nitrogens is 2. The van der Waals surface area contributed by atoms with E-state index in [4.69, 9.17) is 14.3 Å². The van der Waals surface area contributed by atoms with E-state index in [0.717, 1.165) is 44.3 Å². The molecule has 10 nitrogen and oxygen atoms in total. The monoisotopic (exact) mass is 537 g/mol. The van der Waals surface area contributed by atoms with Gasteiger partial charge in [0.2, 0.25) is 5.88 Å². The summed E-state index contributed by atoms with van der Waals surface area (Å²) in [5.41, 5.74) is 2.23. The van der Waals surface area contributed by atoms with Crippen LogP contribution in [0.3, 0.4) is 0 Å². The van der Waals surface area contributed by atoms with Crippen LogP contribution in [0.4, 0.5) is 5.13 Å². The molecular formula is C27H31N5O5S. The van der Waals surface area contributed by atoms with Crippen molar-refractivity contribution in [1.82, 2.24) is 14.9 Å². The van der Waals surface area contributed by atoms with Crippen molar-refractivity contribution in [2.45, 2.75) is 44.0 Å². The van der Waals surface area contributed by atoms with E-state index in [1.807, 2.05) is 24.3 Å². The number of likely N-dealkylation sites (N-methyl/N-ethyl adjacent to an activating group) is 1. The van der Waals surface area contributed by atoms with E-state index in [0.29, 0.717) is 46.1 Å². The molecule has 6 rings (SSSR count). The van der Waals surface area contributed by atoms with Crippen molar-refractivity contribution in [3.8, 4) is 5.88 Å². The summed E-state index contributed by atoms with van der Waals surface area (Å²) in [4.78, 5) is 31.1. The Morgan fingerprint density at radius 1 is 1.16 bits per heavy atom. The van der Waals surface area contributed by atoms with Crippen molar-refractivity contribution in [2.24, 2.45) is 11.1 Å². The van der Waals surface area contributed by atoms with Crippen LogP contribution in [-0.2, 0) is 14.4 Å². The summed E-state index contributed by atoms with van der Waals surface area (Å²) in [6.45, 7) is 2.93. The number of fused-ring (bicyclic) bond motifs is 1. The first-order chi connectivity index (χ1) is 18.5. The molecule has 0 spiro atoms.